The molecule has 0 aliphatic heterocycles. The van der Waals surface area contributed by atoms with E-state index in [0.29, 0.717) is 5.56 Å². The molecule has 0 aliphatic rings. The predicted molar refractivity (Wildman–Crippen MR) is 64.9 cm³/mol. The summed E-state index contributed by atoms with van der Waals surface area (Å²) in [7, 11) is 0. The van der Waals surface area contributed by atoms with Crippen molar-refractivity contribution in [1.29, 1.82) is 0 Å². The second-order valence-electron chi connectivity index (χ2n) is 3.76. The number of pyridine rings is 1. The largest absolute Gasteiger partial charge is 0.327 e. The number of rotatable bonds is 1. The van der Waals surface area contributed by atoms with Gasteiger partial charge in [0.2, 0.25) is 0 Å². The molecule has 3 rings (SSSR count). The number of aromatic nitrogens is 5. The molecule has 0 unspecified atom stereocenters. The molecule has 0 amide bonds. The summed E-state index contributed by atoms with van der Waals surface area (Å²) in [5, 5.41) is 0. The summed E-state index contributed by atoms with van der Waals surface area (Å²) in [5.41, 5.74) is -0.894. The van der Waals surface area contributed by atoms with E-state index in [1.165, 1.54) is 30.9 Å². The first-order valence-corrected chi connectivity index (χ1v) is 5.31. The highest BCUT2D eigenvalue weighted by atomic mass is 16.2. The van der Waals surface area contributed by atoms with Crippen LogP contribution in [0.2, 0.25) is 0 Å². The molecule has 0 aromatic carbocycles. The van der Waals surface area contributed by atoms with Gasteiger partial charge in [0.1, 0.15) is 6.33 Å². The van der Waals surface area contributed by atoms with E-state index in [0.717, 1.165) is 4.57 Å². The summed E-state index contributed by atoms with van der Waals surface area (Å²) in [6.45, 7) is 0. The van der Waals surface area contributed by atoms with Gasteiger partial charge in [0.15, 0.2) is 11.2 Å². The van der Waals surface area contributed by atoms with E-state index in [1.807, 2.05) is 4.98 Å². The van der Waals surface area contributed by atoms with Crippen molar-refractivity contribution in [2.45, 2.75) is 0 Å². The third-order valence-electron chi connectivity index (χ3n) is 2.59. The molecule has 3 heterocycles. The van der Waals surface area contributed by atoms with Crippen molar-refractivity contribution >= 4 is 17.1 Å². The lowest BCUT2D eigenvalue weighted by Gasteiger charge is -2.01. The fraction of sp³-hybridized carbons (Fsp3) is 0. The van der Waals surface area contributed by atoms with Gasteiger partial charge in [-0.1, -0.05) is 0 Å². The standard InChI is InChI=1S/C11H7N5O3/c17-9-7-8(14-11(19)15-9)16(5-13-7)10(18)6-1-3-12-4-2-6/h1-5H,(H2,14,15,17,19). The maximum Gasteiger partial charge on any atom is 0.327 e. The van der Waals surface area contributed by atoms with Crippen molar-refractivity contribution in [2.75, 3.05) is 0 Å². The zero-order valence-corrected chi connectivity index (χ0v) is 9.45. The molecule has 0 bridgehead atoms. The number of aromatic amines is 2. The van der Waals surface area contributed by atoms with Crippen LogP contribution < -0.4 is 11.2 Å². The van der Waals surface area contributed by atoms with E-state index in [1.54, 1.807) is 0 Å². The molecule has 0 fully saturated rings. The molecule has 3 aromatic heterocycles. The lowest BCUT2D eigenvalue weighted by Crippen LogP contribution is -2.23. The Kier molecular flexibility index (Phi) is 2.34. The van der Waals surface area contributed by atoms with Crippen molar-refractivity contribution in [3.8, 4) is 0 Å². The molecular formula is C11H7N5O3. The maximum absolute atomic E-state index is 12.2. The van der Waals surface area contributed by atoms with Crippen LogP contribution in [-0.2, 0) is 0 Å². The molecule has 0 radical (unpaired) electrons. The predicted octanol–water partition coefficient (Wildman–Crippen LogP) is -0.504. The second kappa shape index (κ2) is 4.02. The van der Waals surface area contributed by atoms with Crippen LogP contribution in [0.4, 0.5) is 0 Å². The van der Waals surface area contributed by atoms with Crippen molar-refractivity contribution < 1.29 is 4.79 Å². The number of imidazole rings is 1. The Morgan fingerprint density at radius 1 is 1.16 bits per heavy atom. The topological polar surface area (TPSA) is 113 Å². The number of carbonyl (C=O) groups excluding carboxylic acids is 1. The van der Waals surface area contributed by atoms with Gasteiger partial charge in [-0.15, -0.1) is 0 Å². The SMILES string of the molecule is O=C(c1ccncc1)n1cnc2c(=O)[nH]c(=O)[nH]c21. The third kappa shape index (κ3) is 1.75. The first-order valence-electron chi connectivity index (χ1n) is 5.31. The van der Waals surface area contributed by atoms with Gasteiger partial charge in [0, 0.05) is 18.0 Å². The van der Waals surface area contributed by atoms with Gasteiger partial charge in [-0.25, -0.2) is 14.3 Å². The monoisotopic (exact) mass is 257 g/mol. The van der Waals surface area contributed by atoms with Gasteiger partial charge < -0.3 is 0 Å². The fourth-order valence-electron chi connectivity index (χ4n) is 1.72. The first-order chi connectivity index (χ1) is 9.16. The zero-order valence-electron chi connectivity index (χ0n) is 9.45. The average molecular weight is 257 g/mol. The molecule has 0 saturated carbocycles. The average Bonchev–Trinajstić information content (AvgIpc) is 2.83. The minimum Gasteiger partial charge on any atom is -0.291 e. The molecule has 0 atom stereocenters. The maximum atomic E-state index is 12.2. The smallest absolute Gasteiger partial charge is 0.291 e. The fourth-order valence-corrected chi connectivity index (χ4v) is 1.72. The quantitative estimate of drug-likeness (QED) is 0.609. The lowest BCUT2D eigenvalue weighted by atomic mass is 10.2. The van der Waals surface area contributed by atoms with Crippen LogP contribution >= 0.6 is 0 Å². The Morgan fingerprint density at radius 2 is 1.89 bits per heavy atom. The Hall–Kier alpha value is -3.03. The van der Waals surface area contributed by atoms with Crippen molar-refractivity contribution in [3.05, 3.63) is 57.3 Å². The van der Waals surface area contributed by atoms with Crippen LogP contribution in [0.25, 0.3) is 11.2 Å². The second-order valence-corrected chi connectivity index (χ2v) is 3.76. The minimum absolute atomic E-state index is 0.00186. The van der Waals surface area contributed by atoms with Crippen LogP contribution in [0.15, 0.2) is 40.4 Å². The van der Waals surface area contributed by atoms with Crippen LogP contribution in [0, 0.1) is 0 Å². The van der Waals surface area contributed by atoms with E-state index < -0.39 is 17.2 Å². The van der Waals surface area contributed by atoms with E-state index in [9.17, 15) is 14.4 Å². The number of fused-ring (bicyclic) bond motifs is 1. The summed E-state index contributed by atoms with van der Waals surface area (Å²) in [6, 6.07) is 3.05. The van der Waals surface area contributed by atoms with Gasteiger partial charge in [-0.05, 0) is 12.1 Å². The number of H-pyrrole nitrogens is 2. The molecular weight excluding hydrogens is 250 g/mol. The van der Waals surface area contributed by atoms with Crippen LogP contribution in [0.3, 0.4) is 0 Å². The summed E-state index contributed by atoms with van der Waals surface area (Å²) < 4.78 is 1.11. The minimum atomic E-state index is -0.693. The van der Waals surface area contributed by atoms with Crippen LogP contribution in [0.5, 0.6) is 0 Å². The summed E-state index contributed by atoms with van der Waals surface area (Å²) in [6.07, 6.45) is 4.14. The third-order valence-corrected chi connectivity index (χ3v) is 2.59. The molecule has 2 N–H and O–H groups in total. The van der Waals surface area contributed by atoms with Gasteiger partial charge in [0.05, 0.1) is 0 Å². The Balaban J connectivity index is 2.25. The molecule has 3 aromatic rings. The normalized spacial score (nSPS) is 10.7. The number of hydrogen-bond acceptors (Lipinski definition) is 5. The summed E-state index contributed by atoms with van der Waals surface area (Å²) in [4.78, 5) is 47.0. The van der Waals surface area contributed by atoms with Crippen LogP contribution in [0.1, 0.15) is 10.4 Å². The Bertz CT molecular complexity index is 874. The van der Waals surface area contributed by atoms with Gasteiger partial charge in [-0.3, -0.25) is 24.5 Å². The van der Waals surface area contributed by atoms with Crippen LogP contribution in [-0.4, -0.2) is 30.4 Å². The van der Waals surface area contributed by atoms with Gasteiger partial charge in [-0.2, -0.15) is 0 Å². The van der Waals surface area contributed by atoms with Crippen molar-refractivity contribution in [2.24, 2.45) is 0 Å². The summed E-state index contributed by atoms with van der Waals surface area (Å²) >= 11 is 0. The van der Waals surface area contributed by atoms with E-state index in [-0.39, 0.29) is 11.2 Å². The lowest BCUT2D eigenvalue weighted by molar-refractivity contribution is 0.0963. The van der Waals surface area contributed by atoms with E-state index >= 15 is 0 Å². The van der Waals surface area contributed by atoms with E-state index in [2.05, 4.69) is 15.0 Å². The Labute approximate surface area is 104 Å². The number of carbonyl (C=O) groups is 1. The molecule has 8 heteroatoms. The Morgan fingerprint density at radius 3 is 2.63 bits per heavy atom. The van der Waals surface area contributed by atoms with E-state index in [4.69, 9.17) is 0 Å². The number of nitrogens with one attached hydrogen (secondary N) is 2. The van der Waals surface area contributed by atoms with Gasteiger partial charge in [0.25, 0.3) is 11.5 Å². The highest BCUT2D eigenvalue weighted by molar-refractivity contribution is 5.99. The van der Waals surface area contributed by atoms with Crippen molar-refractivity contribution in [1.82, 2.24) is 24.5 Å². The first kappa shape index (κ1) is 11.1. The highest BCUT2D eigenvalue weighted by Crippen LogP contribution is 2.07. The number of nitrogens with zero attached hydrogens (tertiary/aromatic N) is 3. The highest BCUT2D eigenvalue weighted by Gasteiger charge is 2.14. The van der Waals surface area contributed by atoms with Crippen molar-refractivity contribution in [3.63, 3.8) is 0 Å². The number of hydrogen-bond donors (Lipinski definition) is 2. The van der Waals surface area contributed by atoms with Gasteiger partial charge >= 0.3 is 5.69 Å². The zero-order chi connectivity index (χ0) is 13.4. The molecule has 0 spiro atoms. The molecule has 8 nitrogen and oxygen atoms in total. The molecule has 0 saturated heterocycles. The molecule has 19 heavy (non-hydrogen) atoms. The molecule has 0 aliphatic carbocycles. The molecule has 94 valence electrons. The summed E-state index contributed by atoms with van der Waals surface area (Å²) in [5.74, 6) is -0.411.